The van der Waals surface area contributed by atoms with Crippen LogP contribution in [0.2, 0.25) is 0 Å². The van der Waals surface area contributed by atoms with Gasteiger partial charge in [-0.2, -0.15) is 0 Å². The summed E-state index contributed by atoms with van der Waals surface area (Å²) in [6.07, 6.45) is 1.03. The molecule has 0 aliphatic rings. The van der Waals surface area contributed by atoms with Crippen molar-refractivity contribution >= 4 is 42.3 Å². The van der Waals surface area contributed by atoms with E-state index in [0.717, 1.165) is 28.9 Å². The van der Waals surface area contributed by atoms with E-state index in [9.17, 15) is 16.8 Å². The van der Waals surface area contributed by atoms with Crippen LogP contribution in [-0.4, -0.2) is 23.1 Å². The fourth-order valence-electron chi connectivity index (χ4n) is 1.44. The molecule has 0 aliphatic heterocycles. The molecule has 11 heteroatoms. The highest BCUT2D eigenvalue weighted by Gasteiger charge is 2.24. The number of rotatable bonds is 5. The minimum atomic E-state index is -3.74. The van der Waals surface area contributed by atoms with Crippen LogP contribution in [0, 0.1) is 0 Å². The van der Waals surface area contributed by atoms with Gasteiger partial charge in [0.25, 0.3) is 0 Å². The van der Waals surface area contributed by atoms with E-state index in [0.29, 0.717) is 4.88 Å². The van der Waals surface area contributed by atoms with Crippen LogP contribution in [0.3, 0.4) is 0 Å². The van der Waals surface area contributed by atoms with Gasteiger partial charge in [-0.1, -0.05) is 5.11 Å². The Labute approximate surface area is 129 Å². The Kier molecular flexibility index (Phi) is 4.40. The molecule has 0 saturated carbocycles. The zero-order chi connectivity index (χ0) is 15.7. The minimum Gasteiger partial charge on any atom is -0.223 e. The van der Waals surface area contributed by atoms with Crippen molar-refractivity contribution in [2.75, 3.05) is 6.26 Å². The van der Waals surface area contributed by atoms with Crippen molar-refractivity contribution in [3.05, 3.63) is 39.6 Å². The highest BCUT2D eigenvalue weighted by atomic mass is 32.3. The largest absolute Gasteiger partial charge is 0.225 e. The normalized spacial score (nSPS) is 12.0. The molecule has 0 aromatic carbocycles. The second kappa shape index (κ2) is 5.78. The molecule has 0 radical (unpaired) electrons. The van der Waals surface area contributed by atoms with Crippen LogP contribution >= 0.6 is 22.7 Å². The monoisotopic (exact) mass is 363 g/mol. The molecule has 0 saturated heterocycles. The Morgan fingerprint density at radius 1 is 1.05 bits per heavy atom. The number of sulfone groups is 2. The summed E-state index contributed by atoms with van der Waals surface area (Å²) in [5, 5.41) is 3.37. The van der Waals surface area contributed by atoms with Gasteiger partial charge in [0.2, 0.25) is 9.84 Å². The molecule has 2 aromatic rings. The Bertz CT molecular complexity index is 917. The zero-order valence-electron chi connectivity index (χ0n) is 10.6. The maximum atomic E-state index is 12.4. The highest BCUT2D eigenvalue weighted by molar-refractivity contribution is 7.96. The Morgan fingerprint density at radius 3 is 2.19 bits per heavy atom. The molecule has 0 unspecified atom stereocenters. The second-order valence-corrected chi connectivity index (χ2v) is 10.9. The molecule has 21 heavy (non-hydrogen) atoms. The van der Waals surface area contributed by atoms with Gasteiger partial charge in [0.1, 0.15) is 12.6 Å². The van der Waals surface area contributed by atoms with Crippen molar-refractivity contribution in [3.8, 4) is 0 Å². The molecule has 0 aliphatic carbocycles. The van der Waals surface area contributed by atoms with Crippen molar-refractivity contribution in [2.45, 2.75) is 19.2 Å². The molecule has 0 amide bonds. The summed E-state index contributed by atoms with van der Waals surface area (Å²) in [7, 11) is -7.17. The maximum Gasteiger partial charge on any atom is 0.225 e. The Hall–Kier alpha value is -1.39. The first kappa shape index (κ1) is 16.0. The predicted octanol–water partition coefficient (Wildman–Crippen LogP) is 2.86. The van der Waals surface area contributed by atoms with Gasteiger partial charge in [0.05, 0.1) is 6.54 Å². The van der Waals surface area contributed by atoms with Crippen LogP contribution in [0.25, 0.3) is 10.4 Å². The van der Waals surface area contributed by atoms with Gasteiger partial charge in [-0.15, -0.1) is 22.7 Å². The fraction of sp³-hybridized carbons (Fsp3) is 0.200. The van der Waals surface area contributed by atoms with Crippen molar-refractivity contribution in [1.82, 2.24) is 0 Å². The number of hydrogen-bond acceptors (Lipinski definition) is 7. The summed E-state index contributed by atoms with van der Waals surface area (Å²) in [4.78, 5) is 3.23. The quantitative estimate of drug-likeness (QED) is 0.461. The molecule has 112 valence electrons. The first-order valence-electron chi connectivity index (χ1n) is 5.39. The molecule has 0 fully saturated rings. The van der Waals surface area contributed by atoms with Crippen molar-refractivity contribution < 1.29 is 16.8 Å². The topological polar surface area (TPSA) is 117 Å². The molecule has 0 N–H and O–H groups in total. The summed E-state index contributed by atoms with van der Waals surface area (Å²) < 4.78 is 47.6. The summed E-state index contributed by atoms with van der Waals surface area (Å²) in [5.41, 5.74) is 8.24. The summed E-state index contributed by atoms with van der Waals surface area (Å²) in [6, 6.07) is 5.55. The zero-order valence-corrected chi connectivity index (χ0v) is 13.9. The summed E-state index contributed by atoms with van der Waals surface area (Å²) in [6.45, 7) is 0.0791. The van der Waals surface area contributed by atoms with Crippen LogP contribution in [0.5, 0.6) is 0 Å². The van der Waals surface area contributed by atoms with Gasteiger partial charge in [-0.3, -0.25) is 0 Å². The van der Waals surface area contributed by atoms with Crippen LogP contribution < -0.4 is 0 Å². The molecular formula is C10H9N3O4S4. The average Bonchev–Trinajstić information content (AvgIpc) is 3.05. The third kappa shape index (κ3) is 3.44. The van der Waals surface area contributed by atoms with Crippen molar-refractivity contribution in [3.63, 3.8) is 0 Å². The van der Waals surface area contributed by atoms with Crippen LogP contribution in [0.1, 0.15) is 4.88 Å². The van der Waals surface area contributed by atoms with Crippen molar-refractivity contribution in [1.29, 1.82) is 0 Å². The molecular weight excluding hydrogens is 354 g/mol. The molecule has 0 atom stereocenters. The molecule has 0 spiro atoms. The number of thiophene rings is 2. The third-order valence-electron chi connectivity index (χ3n) is 2.38. The Morgan fingerprint density at radius 2 is 1.62 bits per heavy atom. The predicted molar refractivity (Wildman–Crippen MR) is 80.0 cm³/mol. The SMILES string of the molecule is CS(=O)(=O)c1ccc(S(=O)(=O)c2ccc(CN=[N+]=[N-])s2)s1. The summed E-state index contributed by atoms with van der Waals surface area (Å²) >= 11 is 1.71. The first-order chi connectivity index (χ1) is 9.75. The van der Waals surface area contributed by atoms with E-state index in [4.69, 9.17) is 5.53 Å². The lowest BCUT2D eigenvalue weighted by Crippen LogP contribution is -1.96. The van der Waals surface area contributed by atoms with Gasteiger partial charge in [-0.05, 0) is 29.8 Å². The maximum absolute atomic E-state index is 12.4. The van der Waals surface area contributed by atoms with E-state index < -0.39 is 19.7 Å². The second-order valence-electron chi connectivity index (χ2n) is 3.96. The van der Waals surface area contributed by atoms with Gasteiger partial charge in [0.15, 0.2) is 9.84 Å². The fourth-order valence-corrected chi connectivity index (χ4v) is 6.76. The third-order valence-corrected chi connectivity index (χ3v) is 9.09. The molecule has 7 nitrogen and oxygen atoms in total. The van der Waals surface area contributed by atoms with Gasteiger partial charge in [-0.25, -0.2) is 16.8 Å². The van der Waals surface area contributed by atoms with E-state index in [-0.39, 0.29) is 19.2 Å². The standard InChI is InChI=1S/C10H9N3O4S4/c1-20(14,15)8-4-5-10(19-8)21(16,17)9-3-2-7(18-9)6-12-13-11/h2-5H,6H2,1H3. The summed E-state index contributed by atoms with van der Waals surface area (Å²) in [5.74, 6) is 0. The molecule has 0 bridgehead atoms. The van der Waals surface area contributed by atoms with E-state index in [1.165, 1.54) is 18.2 Å². The van der Waals surface area contributed by atoms with Crippen LogP contribution in [0.15, 0.2) is 42.0 Å². The van der Waals surface area contributed by atoms with Gasteiger partial charge >= 0.3 is 0 Å². The number of hydrogen-bond donors (Lipinski definition) is 0. The number of azide groups is 1. The van der Waals surface area contributed by atoms with Gasteiger partial charge < -0.3 is 0 Å². The van der Waals surface area contributed by atoms with Gasteiger partial charge in [0, 0.05) is 16.0 Å². The van der Waals surface area contributed by atoms with E-state index >= 15 is 0 Å². The minimum absolute atomic E-state index is 0.00642. The lowest BCUT2D eigenvalue weighted by Gasteiger charge is -1.97. The van der Waals surface area contributed by atoms with E-state index in [1.807, 2.05) is 0 Å². The number of nitrogens with zero attached hydrogens (tertiary/aromatic N) is 3. The lowest BCUT2D eigenvalue weighted by molar-refractivity contribution is 0.599. The van der Waals surface area contributed by atoms with Crippen LogP contribution in [-0.2, 0) is 26.2 Å². The molecule has 2 aromatic heterocycles. The molecule has 2 rings (SSSR count). The van der Waals surface area contributed by atoms with E-state index in [2.05, 4.69) is 10.0 Å². The molecule has 2 heterocycles. The lowest BCUT2D eigenvalue weighted by atomic mass is 10.5. The van der Waals surface area contributed by atoms with E-state index in [1.54, 1.807) is 6.07 Å². The van der Waals surface area contributed by atoms with Crippen LogP contribution in [0.4, 0.5) is 0 Å². The smallest absolute Gasteiger partial charge is 0.223 e. The highest BCUT2D eigenvalue weighted by Crippen LogP contribution is 2.33. The average molecular weight is 363 g/mol. The van der Waals surface area contributed by atoms with Crippen molar-refractivity contribution in [2.24, 2.45) is 5.11 Å². The first-order valence-corrected chi connectivity index (χ1v) is 10.4. The Balaban J connectivity index is 2.40.